The Bertz CT molecular complexity index is 341. The molecule has 5 heteroatoms. The molecule has 0 unspecified atom stereocenters. The van der Waals surface area contributed by atoms with E-state index in [0.29, 0.717) is 13.2 Å². The molecule has 1 aliphatic rings. The summed E-state index contributed by atoms with van der Waals surface area (Å²) in [5, 5.41) is 0. The Hall–Kier alpha value is -0.905. The van der Waals surface area contributed by atoms with Crippen LogP contribution in [0.3, 0.4) is 0 Å². The van der Waals surface area contributed by atoms with Gasteiger partial charge in [0.05, 0.1) is 0 Å². The number of benzene rings is 1. The molecule has 1 heterocycles. The standard InChI is InChI=1S/C11H15BFNO2/c1-14-5-7-15-12(16-8-6-14)10-3-2-4-11(13)9-10/h2-4,9H,5-8H2,1H3. The molecule has 1 aromatic rings. The number of nitrogens with zero attached hydrogens (tertiary/aromatic N) is 1. The lowest BCUT2D eigenvalue weighted by molar-refractivity contribution is 0.132. The molecule has 16 heavy (non-hydrogen) atoms. The second-order valence-corrected chi connectivity index (χ2v) is 3.93. The molecule has 1 fully saturated rings. The zero-order valence-corrected chi connectivity index (χ0v) is 9.36. The average Bonchev–Trinajstić information content (AvgIpc) is 2.23. The van der Waals surface area contributed by atoms with Gasteiger partial charge in [-0.3, -0.25) is 0 Å². The molecular formula is C11H15BFNO2. The fourth-order valence-electron chi connectivity index (χ4n) is 1.64. The maximum Gasteiger partial charge on any atom is 0.494 e. The van der Waals surface area contributed by atoms with Crippen LogP contribution in [0.4, 0.5) is 4.39 Å². The third kappa shape index (κ3) is 3.04. The van der Waals surface area contributed by atoms with E-state index in [1.165, 1.54) is 12.1 Å². The summed E-state index contributed by atoms with van der Waals surface area (Å²) in [6.07, 6.45) is 0. The smallest absolute Gasteiger partial charge is 0.406 e. The number of rotatable bonds is 1. The van der Waals surface area contributed by atoms with Gasteiger partial charge in [-0.05, 0) is 24.6 Å². The van der Waals surface area contributed by atoms with Crippen molar-refractivity contribution in [1.29, 1.82) is 0 Å². The van der Waals surface area contributed by atoms with Gasteiger partial charge in [-0.1, -0.05) is 12.1 Å². The van der Waals surface area contributed by atoms with E-state index in [1.54, 1.807) is 6.07 Å². The van der Waals surface area contributed by atoms with Crippen LogP contribution in [0.2, 0.25) is 0 Å². The molecular weight excluding hydrogens is 208 g/mol. The van der Waals surface area contributed by atoms with E-state index in [9.17, 15) is 4.39 Å². The molecule has 0 aromatic heterocycles. The van der Waals surface area contributed by atoms with E-state index in [1.807, 2.05) is 13.1 Å². The molecule has 0 amide bonds. The number of hydrogen-bond acceptors (Lipinski definition) is 3. The molecule has 0 saturated carbocycles. The fraction of sp³-hybridized carbons (Fsp3) is 0.455. The number of halogens is 1. The molecule has 86 valence electrons. The Labute approximate surface area is 95.3 Å². The van der Waals surface area contributed by atoms with Crippen molar-refractivity contribution in [3.8, 4) is 0 Å². The highest BCUT2D eigenvalue weighted by Crippen LogP contribution is 2.00. The lowest BCUT2D eigenvalue weighted by Crippen LogP contribution is -2.43. The van der Waals surface area contributed by atoms with Gasteiger partial charge in [0.2, 0.25) is 0 Å². The highest BCUT2D eigenvalue weighted by atomic mass is 19.1. The molecule has 0 N–H and O–H groups in total. The van der Waals surface area contributed by atoms with Crippen molar-refractivity contribution in [3.05, 3.63) is 30.1 Å². The topological polar surface area (TPSA) is 21.7 Å². The summed E-state index contributed by atoms with van der Waals surface area (Å²) in [5.41, 5.74) is 0.740. The SMILES string of the molecule is CN1CCOB(c2cccc(F)c2)OCC1. The molecule has 1 aliphatic heterocycles. The van der Waals surface area contributed by atoms with Gasteiger partial charge < -0.3 is 14.2 Å². The Morgan fingerprint density at radius 3 is 2.56 bits per heavy atom. The first-order valence-electron chi connectivity index (χ1n) is 5.43. The third-order valence-electron chi connectivity index (χ3n) is 2.61. The van der Waals surface area contributed by atoms with Crippen molar-refractivity contribution < 1.29 is 13.7 Å². The first-order chi connectivity index (χ1) is 7.75. The van der Waals surface area contributed by atoms with Crippen LogP contribution >= 0.6 is 0 Å². The van der Waals surface area contributed by atoms with E-state index >= 15 is 0 Å². The summed E-state index contributed by atoms with van der Waals surface area (Å²) < 4.78 is 24.2. The van der Waals surface area contributed by atoms with Gasteiger partial charge in [0, 0.05) is 26.3 Å². The fourth-order valence-corrected chi connectivity index (χ4v) is 1.64. The van der Waals surface area contributed by atoms with Crippen LogP contribution in [-0.2, 0) is 9.31 Å². The third-order valence-corrected chi connectivity index (χ3v) is 2.61. The van der Waals surface area contributed by atoms with Gasteiger partial charge >= 0.3 is 7.12 Å². The van der Waals surface area contributed by atoms with E-state index in [0.717, 1.165) is 18.6 Å². The van der Waals surface area contributed by atoms with Crippen LogP contribution in [0.1, 0.15) is 0 Å². The molecule has 2 rings (SSSR count). The van der Waals surface area contributed by atoms with Crippen LogP contribution in [-0.4, -0.2) is 45.4 Å². The van der Waals surface area contributed by atoms with Gasteiger partial charge in [-0.2, -0.15) is 0 Å². The average molecular weight is 223 g/mol. The van der Waals surface area contributed by atoms with Gasteiger partial charge in [0.25, 0.3) is 0 Å². The zero-order chi connectivity index (χ0) is 11.4. The highest BCUT2D eigenvalue weighted by Gasteiger charge is 2.23. The van der Waals surface area contributed by atoms with Crippen molar-refractivity contribution in [2.75, 3.05) is 33.4 Å². The predicted octanol–water partition coefficient (Wildman–Crippen LogP) is 0.499. The normalized spacial score (nSPS) is 19.2. The molecule has 0 radical (unpaired) electrons. The molecule has 0 atom stereocenters. The van der Waals surface area contributed by atoms with Crippen LogP contribution in [0, 0.1) is 5.82 Å². The lowest BCUT2D eigenvalue weighted by Gasteiger charge is -2.23. The summed E-state index contributed by atoms with van der Waals surface area (Å²) in [6.45, 7) is 2.93. The quantitative estimate of drug-likeness (QED) is 0.647. The second kappa shape index (κ2) is 5.43. The van der Waals surface area contributed by atoms with Crippen molar-refractivity contribution in [2.24, 2.45) is 0 Å². The van der Waals surface area contributed by atoms with Crippen molar-refractivity contribution in [3.63, 3.8) is 0 Å². The predicted molar refractivity (Wildman–Crippen MR) is 61.2 cm³/mol. The molecule has 0 aliphatic carbocycles. The maximum atomic E-state index is 13.0. The second-order valence-electron chi connectivity index (χ2n) is 3.93. The summed E-state index contributed by atoms with van der Waals surface area (Å²) >= 11 is 0. The van der Waals surface area contributed by atoms with Crippen LogP contribution in [0.25, 0.3) is 0 Å². The molecule has 1 saturated heterocycles. The van der Waals surface area contributed by atoms with E-state index in [2.05, 4.69) is 4.90 Å². The zero-order valence-electron chi connectivity index (χ0n) is 9.36. The van der Waals surface area contributed by atoms with Gasteiger partial charge in [-0.25, -0.2) is 4.39 Å². The minimum Gasteiger partial charge on any atom is -0.406 e. The molecule has 0 bridgehead atoms. The van der Waals surface area contributed by atoms with E-state index in [4.69, 9.17) is 9.31 Å². The lowest BCUT2D eigenvalue weighted by atomic mass is 9.78. The molecule has 3 nitrogen and oxygen atoms in total. The Balaban J connectivity index is 2.03. The molecule has 1 aromatic carbocycles. The van der Waals surface area contributed by atoms with Crippen LogP contribution in [0.5, 0.6) is 0 Å². The summed E-state index contributed by atoms with van der Waals surface area (Å²) in [7, 11) is 1.58. The summed E-state index contributed by atoms with van der Waals surface area (Å²) in [4.78, 5) is 2.14. The largest absolute Gasteiger partial charge is 0.494 e. The van der Waals surface area contributed by atoms with Gasteiger partial charge in [-0.15, -0.1) is 0 Å². The van der Waals surface area contributed by atoms with E-state index in [-0.39, 0.29) is 5.82 Å². The Kier molecular flexibility index (Phi) is 3.93. The van der Waals surface area contributed by atoms with E-state index < -0.39 is 7.12 Å². The summed E-state index contributed by atoms with van der Waals surface area (Å²) in [5.74, 6) is -0.260. The highest BCUT2D eigenvalue weighted by molar-refractivity contribution is 6.61. The van der Waals surface area contributed by atoms with Crippen molar-refractivity contribution in [2.45, 2.75) is 0 Å². The Morgan fingerprint density at radius 2 is 1.94 bits per heavy atom. The monoisotopic (exact) mass is 223 g/mol. The maximum absolute atomic E-state index is 13.0. The van der Waals surface area contributed by atoms with Gasteiger partial charge in [0.15, 0.2) is 0 Å². The van der Waals surface area contributed by atoms with Gasteiger partial charge in [0.1, 0.15) is 5.82 Å². The summed E-state index contributed by atoms with van der Waals surface area (Å²) in [6, 6.07) is 6.36. The van der Waals surface area contributed by atoms with Crippen LogP contribution < -0.4 is 5.46 Å². The minimum absolute atomic E-state index is 0.260. The molecule has 0 spiro atoms. The Morgan fingerprint density at radius 1 is 1.25 bits per heavy atom. The first kappa shape index (κ1) is 11.6. The number of likely N-dealkylation sites (N-methyl/N-ethyl adjacent to an activating group) is 1. The number of hydrogen-bond donors (Lipinski definition) is 0. The minimum atomic E-state index is -0.440. The first-order valence-corrected chi connectivity index (χ1v) is 5.43. The van der Waals surface area contributed by atoms with Crippen molar-refractivity contribution >= 4 is 12.6 Å². The van der Waals surface area contributed by atoms with Crippen molar-refractivity contribution in [1.82, 2.24) is 4.90 Å². The van der Waals surface area contributed by atoms with Crippen LogP contribution in [0.15, 0.2) is 24.3 Å².